The number of carbonyl (C=O) groups is 1. The van der Waals surface area contributed by atoms with Gasteiger partial charge in [-0.2, -0.15) is 0 Å². The fourth-order valence-corrected chi connectivity index (χ4v) is 4.63. The molecule has 0 saturated heterocycles. The van der Waals surface area contributed by atoms with Crippen molar-refractivity contribution in [2.24, 2.45) is 0 Å². The summed E-state index contributed by atoms with van der Waals surface area (Å²) < 4.78 is 2.10. The van der Waals surface area contributed by atoms with Crippen LogP contribution in [0.15, 0.2) is 88.8 Å². The van der Waals surface area contributed by atoms with Crippen LogP contribution >= 0.6 is 11.8 Å². The molecule has 0 atom stereocenters. The third-order valence-corrected chi connectivity index (χ3v) is 6.28. The molecule has 7 heteroatoms. The van der Waals surface area contributed by atoms with E-state index in [2.05, 4.69) is 9.88 Å². The molecule has 1 aliphatic rings. The van der Waals surface area contributed by atoms with E-state index in [-0.39, 0.29) is 11.6 Å². The lowest BCUT2D eigenvalue weighted by Gasteiger charge is -2.18. The van der Waals surface area contributed by atoms with Gasteiger partial charge in [-0.1, -0.05) is 54.2 Å². The van der Waals surface area contributed by atoms with E-state index in [1.54, 1.807) is 12.1 Å². The number of carbonyl (C=O) groups excluding carboxylic acids is 1. The van der Waals surface area contributed by atoms with E-state index in [9.17, 15) is 14.9 Å². The highest BCUT2D eigenvalue weighted by Gasteiger charge is 2.21. The maximum Gasteiger partial charge on any atom is 0.269 e. The van der Waals surface area contributed by atoms with Crippen LogP contribution < -0.4 is 5.32 Å². The van der Waals surface area contributed by atoms with Crippen molar-refractivity contribution in [3.8, 4) is 0 Å². The van der Waals surface area contributed by atoms with E-state index in [0.29, 0.717) is 11.4 Å². The second-order valence-corrected chi connectivity index (χ2v) is 8.30. The van der Waals surface area contributed by atoms with Gasteiger partial charge in [0, 0.05) is 46.2 Å². The zero-order valence-corrected chi connectivity index (χ0v) is 17.1. The summed E-state index contributed by atoms with van der Waals surface area (Å²) in [6, 6.07) is 22.3. The first-order chi connectivity index (χ1) is 15.1. The van der Waals surface area contributed by atoms with E-state index >= 15 is 0 Å². The maximum absolute atomic E-state index is 12.6. The first-order valence-corrected chi connectivity index (χ1v) is 10.5. The maximum atomic E-state index is 12.6. The van der Waals surface area contributed by atoms with Gasteiger partial charge in [0.25, 0.3) is 11.6 Å². The predicted molar refractivity (Wildman–Crippen MR) is 123 cm³/mol. The van der Waals surface area contributed by atoms with Gasteiger partial charge in [-0.25, -0.2) is 0 Å². The van der Waals surface area contributed by atoms with Crippen LogP contribution in [-0.2, 0) is 11.3 Å². The van der Waals surface area contributed by atoms with E-state index in [0.717, 1.165) is 32.6 Å². The summed E-state index contributed by atoms with van der Waals surface area (Å²) >= 11 is 1.46. The van der Waals surface area contributed by atoms with Crippen molar-refractivity contribution in [2.75, 3.05) is 5.32 Å². The Morgan fingerprint density at radius 2 is 1.74 bits per heavy atom. The van der Waals surface area contributed by atoms with Crippen molar-refractivity contribution in [1.29, 1.82) is 0 Å². The lowest BCUT2D eigenvalue weighted by Crippen LogP contribution is -2.16. The smallest absolute Gasteiger partial charge is 0.269 e. The number of non-ortho nitro benzene ring substituents is 1. The van der Waals surface area contributed by atoms with Gasteiger partial charge in [-0.15, -0.1) is 0 Å². The Kier molecular flexibility index (Phi) is 4.80. The highest BCUT2D eigenvalue weighted by atomic mass is 32.2. The number of nitrogens with zero attached hydrogens (tertiary/aromatic N) is 2. The number of benzene rings is 3. The number of hydrogen-bond donors (Lipinski definition) is 1. The summed E-state index contributed by atoms with van der Waals surface area (Å²) in [6.07, 6.45) is 3.94. The Morgan fingerprint density at radius 1 is 1.00 bits per heavy atom. The largest absolute Gasteiger partial charge is 0.342 e. The molecule has 4 aromatic rings. The third kappa shape index (κ3) is 3.71. The standard InChI is InChI=1S/C24H17N3O3S/c28-24-23(31-22-8-4-2-6-20(22)25-24)13-17-15-26(21-7-3-1-5-19(17)21)14-16-9-11-18(12-10-16)27(29)30/h1-13,15H,14H2,(H,25,28)/b23-13-. The molecule has 1 aromatic heterocycles. The van der Waals surface area contributed by atoms with Gasteiger partial charge in [0.1, 0.15) is 0 Å². The molecule has 3 aromatic carbocycles. The number of nitrogens with one attached hydrogen (secondary N) is 1. The summed E-state index contributed by atoms with van der Waals surface area (Å²) in [5.41, 5.74) is 3.86. The van der Waals surface area contributed by atoms with Gasteiger partial charge in [0.2, 0.25) is 0 Å². The van der Waals surface area contributed by atoms with Crippen LogP contribution in [0.2, 0.25) is 0 Å². The van der Waals surface area contributed by atoms with Crippen molar-refractivity contribution in [3.05, 3.63) is 105 Å². The molecule has 31 heavy (non-hydrogen) atoms. The first-order valence-electron chi connectivity index (χ1n) is 9.69. The molecular weight excluding hydrogens is 410 g/mol. The summed E-state index contributed by atoms with van der Waals surface area (Å²) in [7, 11) is 0. The van der Waals surface area contributed by atoms with Crippen molar-refractivity contribution in [1.82, 2.24) is 4.57 Å². The van der Waals surface area contributed by atoms with Crippen LogP contribution in [0.25, 0.3) is 17.0 Å². The zero-order valence-electron chi connectivity index (χ0n) is 16.3. The summed E-state index contributed by atoms with van der Waals surface area (Å²) in [5, 5.41) is 14.9. The SMILES string of the molecule is O=C1Nc2ccccc2S/C1=C\c1cn(Cc2ccc([N+](=O)[O-])cc2)c2ccccc12. The molecule has 0 saturated carbocycles. The highest BCUT2D eigenvalue weighted by Crippen LogP contribution is 2.39. The molecule has 0 aliphatic carbocycles. The number of amides is 1. The lowest BCUT2D eigenvalue weighted by molar-refractivity contribution is -0.384. The van der Waals surface area contributed by atoms with E-state index in [1.165, 1.54) is 23.9 Å². The van der Waals surface area contributed by atoms with Crippen LogP contribution in [0.3, 0.4) is 0 Å². The molecule has 0 spiro atoms. The first kappa shape index (κ1) is 19.1. The number of fused-ring (bicyclic) bond motifs is 2. The Morgan fingerprint density at radius 3 is 2.55 bits per heavy atom. The van der Waals surface area contributed by atoms with Crippen molar-refractivity contribution < 1.29 is 9.72 Å². The molecule has 0 bridgehead atoms. The molecule has 1 N–H and O–H groups in total. The Labute approximate surface area is 182 Å². The molecule has 6 nitrogen and oxygen atoms in total. The lowest BCUT2D eigenvalue weighted by atomic mass is 10.1. The van der Waals surface area contributed by atoms with E-state index in [1.807, 2.05) is 60.8 Å². The number of nitro benzene ring substituents is 1. The van der Waals surface area contributed by atoms with Crippen LogP contribution in [0.1, 0.15) is 11.1 Å². The van der Waals surface area contributed by atoms with Gasteiger partial charge < -0.3 is 9.88 Å². The van der Waals surface area contributed by atoms with Crippen LogP contribution in [0.5, 0.6) is 0 Å². The number of anilines is 1. The molecule has 152 valence electrons. The second kappa shape index (κ2) is 7.77. The minimum atomic E-state index is -0.399. The minimum absolute atomic E-state index is 0.0761. The molecule has 1 aliphatic heterocycles. The monoisotopic (exact) mass is 427 g/mol. The molecule has 0 radical (unpaired) electrons. The van der Waals surface area contributed by atoms with Gasteiger partial charge in [-0.05, 0) is 29.8 Å². The zero-order chi connectivity index (χ0) is 21.4. The number of hydrogen-bond acceptors (Lipinski definition) is 4. The van der Waals surface area contributed by atoms with Crippen molar-refractivity contribution in [2.45, 2.75) is 11.4 Å². The molecule has 0 fully saturated rings. The fourth-order valence-electron chi connectivity index (χ4n) is 3.68. The van der Waals surface area contributed by atoms with Gasteiger partial charge in [-0.3, -0.25) is 14.9 Å². The van der Waals surface area contributed by atoms with Gasteiger partial charge in [0.15, 0.2) is 0 Å². The summed E-state index contributed by atoms with van der Waals surface area (Å²) in [6.45, 7) is 0.573. The summed E-state index contributed by atoms with van der Waals surface area (Å²) in [5.74, 6) is -0.115. The summed E-state index contributed by atoms with van der Waals surface area (Å²) in [4.78, 5) is 24.8. The molecule has 5 rings (SSSR count). The van der Waals surface area contributed by atoms with E-state index < -0.39 is 4.92 Å². The quantitative estimate of drug-likeness (QED) is 0.258. The molecular formula is C24H17N3O3S. The number of thioether (sulfide) groups is 1. The average Bonchev–Trinajstić information content (AvgIpc) is 3.12. The highest BCUT2D eigenvalue weighted by molar-refractivity contribution is 8.04. The second-order valence-electron chi connectivity index (χ2n) is 7.21. The van der Waals surface area contributed by atoms with Crippen LogP contribution in [0.4, 0.5) is 11.4 Å². The molecule has 2 heterocycles. The predicted octanol–water partition coefficient (Wildman–Crippen LogP) is 5.68. The number of rotatable bonds is 4. The Balaban J connectivity index is 1.51. The fraction of sp³-hybridized carbons (Fsp3) is 0.0417. The van der Waals surface area contributed by atoms with Crippen molar-refractivity contribution >= 4 is 46.0 Å². The van der Waals surface area contributed by atoms with Crippen molar-refractivity contribution in [3.63, 3.8) is 0 Å². The minimum Gasteiger partial charge on any atom is -0.342 e. The number of aromatic nitrogens is 1. The van der Waals surface area contributed by atoms with Gasteiger partial charge >= 0.3 is 0 Å². The normalized spacial score (nSPS) is 14.5. The Bertz CT molecular complexity index is 1360. The topological polar surface area (TPSA) is 77.2 Å². The average molecular weight is 427 g/mol. The molecule has 1 amide bonds. The third-order valence-electron chi connectivity index (χ3n) is 5.19. The molecule has 0 unspecified atom stereocenters. The Hall–Kier alpha value is -3.84. The number of para-hydroxylation sites is 2. The van der Waals surface area contributed by atoms with E-state index in [4.69, 9.17) is 0 Å². The number of nitro groups is 1. The van der Waals surface area contributed by atoms with Crippen LogP contribution in [0, 0.1) is 10.1 Å². The van der Waals surface area contributed by atoms with Crippen LogP contribution in [-0.4, -0.2) is 15.4 Å². The van der Waals surface area contributed by atoms with Gasteiger partial charge in [0.05, 0.1) is 15.5 Å².